The molecule has 0 bridgehead atoms. The van der Waals surface area contributed by atoms with Gasteiger partial charge in [-0.2, -0.15) is 0 Å². The fourth-order valence-corrected chi connectivity index (χ4v) is 3.86. The Morgan fingerprint density at radius 2 is 2.04 bits per heavy atom. The van der Waals surface area contributed by atoms with E-state index < -0.39 is 0 Å². The average molecular weight is 367 g/mol. The SMILES string of the molecule is O=c1cc(OCCCc2nnnn2CC2CCCCC2)c2ccccc2[nH]1. The molecule has 0 radical (unpaired) electrons. The fourth-order valence-electron chi connectivity index (χ4n) is 3.86. The van der Waals surface area contributed by atoms with Gasteiger partial charge in [-0.25, -0.2) is 4.68 Å². The maximum absolute atomic E-state index is 11.8. The molecule has 27 heavy (non-hydrogen) atoms. The molecule has 0 aliphatic heterocycles. The van der Waals surface area contributed by atoms with Gasteiger partial charge < -0.3 is 9.72 Å². The van der Waals surface area contributed by atoms with Crippen LogP contribution < -0.4 is 10.3 Å². The highest BCUT2D eigenvalue weighted by molar-refractivity contribution is 5.84. The number of benzene rings is 1. The molecule has 1 fully saturated rings. The number of H-pyrrole nitrogens is 1. The summed E-state index contributed by atoms with van der Waals surface area (Å²) in [5.74, 6) is 2.23. The van der Waals surface area contributed by atoms with E-state index in [1.807, 2.05) is 28.9 Å². The normalized spacial score (nSPS) is 15.3. The summed E-state index contributed by atoms with van der Waals surface area (Å²) in [6.45, 7) is 1.44. The standard InChI is InChI=1S/C20H25N5O2/c26-20-13-18(16-9-4-5-10-17(16)21-20)27-12-6-11-19-22-23-24-25(19)14-15-7-2-1-3-8-15/h4-5,9-10,13,15H,1-3,6-8,11-12,14H2,(H,21,26). The topological polar surface area (TPSA) is 85.7 Å². The minimum atomic E-state index is -0.153. The first-order valence-corrected chi connectivity index (χ1v) is 9.79. The molecule has 0 amide bonds. The number of fused-ring (bicyclic) bond motifs is 1. The van der Waals surface area contributed by atoms with Crippen LogP contribution in [0, 0.1) is 5.92 Å². The third-order valence-electron chi connectivity index (χ3n) is 5.28. The fraction of sp³-hybridized carbons (Fsp3) is 0.500. The van der Waals surface area contributed by atoms with Crippen LogP contribution in [0.1, 0.15) is 44.3 Å². The second-order valence-corrected chi connectivity index (χ2v) is 7.28. The number of para-hydroxylation sites is 1. The largest absolute Gasteiger partial charge is 0.493 e. The first-order chi connectivity index (χ1) is 13.3. The number of aryl methyl sites for hydroxylation is 1. The van der Waals surface area contributed by atoms with E-state index in [1.54, 1.807) is 0 Å². The van der Waals surface area contributed by atoms with E-state index in [0.29, 0.717) is 18.3 Å². The molecule has 3 aromatic rings. The van der Waals surface area contributed by atoms with Crippen molar-refractivity contribution in [3.63, 3.8) is 0 Å². The van der Waals surface area contributed by atoms with Crippen molar-refractivity contribution in [1.82, 2.24) is 25.2 Å². The number of rotatable bonds is 7. The summed E-state index contributed by atoms with van der Waals surface area (Å²) in [5.41, 5.74) is 0.636. The third kappa shape index (κ3) is 4.35. The van der Waals surface area contributed by atoms with Crippen LogP contribution in [0.2, 0.25) is 0 Å². The van der Waals surface area contributed by atoms with E-state index in [4.69, 9.17) is 4.74 Å². The maximum atomic E-state index is 11.8. The average Bonchev–Trinajstić information content (AvgIpc) is 3.12. The molecule has 4 rings (SSSR count). The Bertz CT molecular complexity index is 943. The molecule has 1 aliphatic rings. The van der Waals surface area contributed by atoms with Crippen LogP contribution in [0.3, 0.4) is 0 Å². The molecule has 1 aromatic carbocycles. The molecule has 0 saturated heterocycles. The summed E-state index contributed by atoms with van der Waals surface area (Å²) < 4.78 is 7.85. The molecule has 1 aliphatic carbocycles. The maximum Gasteiger partial charge on any atom is 0.252 e. The highest BCUT2D eigenvalue weighted by atomic mass is 16.5. The Morgan fingerprint density at radius 3 is 2.93 bits per heavy atom. The smallest absolute Gasteiger partial charge is 0.252 e. The van der Waals surface area contributed by atoms with Crippen LogP contribution >= 0.6 is 0 Å². The van der Waals surface area contributed by atoms with Gasteiger partial charge in [-0.1, -0.05) is 31.4 Å². The Morgan fingerprint density at radius 1 is 1.19 bits per heavy atom. The molecule has 0 atom stereocenters. The molecule has 7 heteroatoms. The number of hydrogen-bond donors (Lipinski definition) is 1. The lowest BCUT2D eigenvalue weighted by molar-refractivity contribution is 0.295. The second-order valence-electron chi connectivity index (χ2n) is 7.28. The van der Waals surface area contributed by atoms with Crippen molar-refractivity contribution >= 4 is 10.9 Å². The highest BCUT2D eigenvalue weighted by Crippen LogP contribution is 2.25. The monoisotopic (exact) mass is 367 g/mol. The number of aromatic amines is 1. The molecule has 2 aromatic heterocycles. The van der Waals surface area contributed by atoms with Crippen LogP contribution in [-0.4, -0.2) is 31.8 Å². The summed E-state index contributed by atoms with van der Waals surface area (Å²) in [7, 11) is 0. The van der Waals surface area contributed by atoms with E-state index in [9.17, 15) is 4.79 Å². The lowest BCUT2D eigenvalue weighted by atomic mass is 9.89. The number of aromatic nitrogens is 5. The molecule has 2 heterocycles. The Balaban J connectivity index is 1.33. The minimum absolute atomic E-state index is 0.153. The van der Waals surface area contributed by atoms with Gasteiger partial charge in [0.1, 0.15) is 5.75 Å². The molecule has 0 unspecified atom stereocenters. The lowest BCUT2D eigenvalue weighted by Crippen LogP contribution is -2.17. The van der Waals surface area contributed by atoms with Crippen LogP contribution in [0.15, 0.2) is 35.1 Å². The third-order valence-corrected chi connectivity index (χ3v) is 5.28. The van der Waals surface area contributed by atoms with Gasteiger partial charge in [-0.15, -0.1) is 5.10 Å². The number of nitrogens with one attached hydrogen (secondary N) is 1. The second kappa shape index (κ2) is 8.33. The lowest BCUT2D eigenvalue weighted by Gasteiger charge is -2.21. The van der Waals surface area contributed by atoms with Crippen molar-refractivity contribution in [2.45, 2.75) is 51.5 Å². The van der Waals surface area contributed by atoms with Crippen molar-refractivity contribution in [2.75, 3.05) is 6.61 Å². The van der Waals surface area contributed by atoms with Gasteiger partial charge in [0.05, 0.1) is 12.1 Å². The van der Waals surface area contributed by atoms with Crippen molar-refractivity contribution in [3.05, 3.63) is 46.5 Å². The zero-order valence-electron chi connectivity index (χ0n) is 15.4. The molecular weight excluding hydrogens is 342 g/mol. The molecule has 0 spiro atoms. The molecule has 1 N–H and O–H groups in total. The summed E-state index contributed by atoms with van der Waals surface area (Å²) in [6.07, 6.45) is 8.11. The highest BCUT2D eigenvalue weighted by Gasteiger charge is 2.16. The van der Waals surface area contributed by atoms with Crippen LogP contribution in [-0.2, 0) is 13.0 Å². The summed E-state index contributed by atoms with van der Waals surface area (Å²) in [6, 6.07) is 9.17. The van der Waals surface area contributed by atoms with Crippen molar-refractivity contribution in [1.29, 1.82) is 0 Å². The van der Waals surface area contributed by atoms with Gasteiger partial charge >= 0.3 is 0 Å². The molecular formula is C20H25N5O2. The first kappa shape index (κ1) is 17.7. The van der Waals surface area contributed by atoms with Gasteiger partial charge in [0.25, 0.3) is 5.56 Å². The van der Waals surface area contributed by atoms with Gasteiger partial charge in [-0.05, 0) is 47.7 Å². The summed E-state index contributed by atoms with van der Waals surface area (Å²) in [5, 5.41) is 13.1. The Labute approximate surface area is 157 Å². The number of nitrogens with zero attached hydrogens (tertiary/aromatic N) is 4. The number of pyridine rings is 1. The van der Waals surface area contributed by atoms with Crippen molar-refractivity contribution < 1.29 is 4.74 Å². The number of hydrogen-bond acceptors (Lipinski definition) is 5. The zero-order valence-corrected chi connectivity index (χ0v) is 15.4. The molecule has 1 saturated carbocycles. The van der Waals surface area contributed by atoms with Gasteiger partial charge in [0, 0.05) is 24.4 Å². The quantitative estimate of drug-likeness (QED) is 0.649. The van der Waals surface area contributed by atoms with Crippen molar-refractivity contribution in [2.24, 2.45) is 5.92 Å². The van der Waals surface area contributed by atoms with Gasteiger partial charge in [0.15, 0.2) is 5.82 Å². The summed E-state index contributed by atoms with van der Waals surface area (Å²) >= 11 is 0. The van der Waals surface area contributed by atoms with E-state index in [1.165, 1.54) is 38.2 Å². The number of tetrazole rings is 1. The minimum Gasteiger partial charge on any atom is -0.493 e. The van der Waals surface area contributed by atoms with Crippen LogP contribution in [0.5, 0.6) is 5.75 Å². The van der Waals surface area contributed by atoms with Gasteiger partial charge in [0.2, 0.25) is 0 Å². The predicted octanol–water partition coefficient (Wildman–Crippen LogP) is 3.11. The Hall–Kier alpha value is -2.70. The molecule has 7 nitrogen and oxygen atoms in total. The molecule has 142 valence electrons. The predicted molar refractivity (Wildman–Crippen MR) is 103 cm³/mol. The van der Waals surface area contributed by atoms with E-state index >= 15 is 0 Å². The van der Waals surface area contributed by atoms with Gasteiger partial charge in [-0.3, -0.25) is 4.79 Å². The van der Waals surface area contributed by atoms with E-state index in [-0.39, 0.29) is 5.56 Å². The summed E-state index contributed by atoms with van der Waals surface area (Å²) in [4.78, 5) is 14.6. The number of ether oxygens (including phenoxy) is 1. The van der Waals surface area contributed by atoms with E-state index in [2.05, 4.69) is 20.5 Å². The Kier molecular flexibility index (Phi) is 5.46. The van der Waals surface area contributed by atoms with Crippen molar-refractivity contribution in [3.8, 4) is 5.75 Å². The zero-order chi connectivity index (χ0) is 18.5. The first-order valence-electron chi connectivity index (χ1n) is 9.79. The van der Waals surface area contributed by atoms with E-state index in [0.717, 1.165) is 36.1 Å². The van der Waals surface area contributed by atoms with Crippen LogP contribution in [0.25, 0.3) is 10.9 Å². The van der Waals surface area contributed by atoms with Crippen LogP contribution in [0.4, 0.5) is 0 Å².